The van der Waals surface area contributed by atoms with Crippen molar-refractivity contribution in [2.24, 2.45) is 12.5 Å². The zero-order valence-corrected chi connectivity index (χ0v) is 36.0. The summed E-state index contributed by atoms with van der Waals surface area (Å²) in [7, 11) is 4.52. The Balaban J connectivity index is 1.28. The molecule has 2 aromatic carbocycles. The molecule has 1 aliphatic rings. The van der Waals surface area contributed by atoms with Gasteiger partial charge in [-0.05, 0) is 59.2 Å². The number of esters is 1. The van der Waals surface area contributed by atoms with Gasteiger partial charge in [-0.15, -0.1) is 0 Å². The van der Waals surface area contributed by atoms with Gasteiger partial charge in [-0.1, -0.05) is 59.6 Å². The minimum atomic E-state index is -0.763. The molecule has 0 aliphatic carbocycles. The Kier molecular flexibility index (Phi) is 12.7. The van der Waals surface area contributed by atoms with Crippen LogP contribution in [-0.2, 0) is 39.2 Å². The monoisotopic (exact) mass is 845 g/mol. The predicted molar refractivity (Wildman–Crippen MR) is 226 cm³/mol. The van der Waals surface area contributed by atoms with Gasteiger partial charge in [-0.3, -0.25) is 19.0 Å². The van der Waals surface area contributed by atoms with Crippen LogP contribution in [0.15, 0.2) is 65.6 Å². The van der Waals surface area contributed by atoms with Crippen molar-refractivity contribution in [3.63, 3.8) is 0 Å². The number of amides is 2. The van der Waals surface area contributed by atoms with E-state index in [1.807, 2.05) is 48.5 Å². The number of hydrogen-bond donors (Lipinski definition) is 2. The van der Waals surface area contributed by atoms with Crippen molar-refractivity contribution >= 4 is 46.7 Å². The third kappa shape index (κ3) is 9.56. The molecule has 2 N–H and O–H groups in total. The van der Waals surface area contributed by atoms with E-state index in [2.05, 4.69) is 10.6 Å². The topological polar surface area (TPSA) is 158 Å². The number of pyridine rings is 1. The summed E-state index contributed by atoms with van der Waals surface area (Å²) in [5.74, 6) is 0.394. The number of hydrogen-bond acceptors (Lipinski definition) is 10. The molecule has 0 unspecified atom stereocenters. The molecule has 0 bridgehead atoms. The van der Waals surface area contributed by atoms with Crippen LogP contribution in [0.4, 0.5) is 4.79 Å². The number of carbonyl (C=O) groups excluding carboxylic acids is 3. The second-order valence-electron chi connectivity index (χ2n) is 16.2. The van der Waals surface area contributed by atoms with Gasteiger partial charge in [0, 0.05) is 72.2 Å². The van der Waals surface area contributed by atoms with Crippen LogP contribution in [0.1, 0.15) is 58.8 Å². The summed E-state index contributed by atoms with van der Waals surface area (Å²) in [5, 5.41) is 11.7. The molecular weight excluding hydrogens is 797 g/mol. The zero-order chi connectivity index (χ0) is 42.8. The van der Waals surface area contributed by atoms with Crippen LogP contribution in [0.25, 0.3) is 39.0 Å². The largest absolute Gasteiger partial charge is 0.481 e. The second kappa shape index (κ2) is 17.4. The first kappa shape index (κ1) is 43.1. The molecule has 312 valence electrons. The Morgan fingerprint density at radius 2 is 1.63 bits per heavy atom. The fourth-order valence-electron chi connectivity index (χ4n) is 6.94. The van der Waals surface area contributed by atoms with E-state index in [0.717, 1.165) is 0 Å². The second-order valence-corrected chi connectivity index (χ2v) is 16.9. The summed E-state index contributed by atoms with van der Waals surface area (Å²) in [6, 6.07) is 16.4. The van der Waals surface area contributed by atoms with E-state index in [9.17, 15) is 19.2 Å². The number of nitrogens with one attached hydrogen (secondary N) is 2. The molecule has 0 spiro atoms. The van der Waals surface area contributed by atoms with Crippen LogP contribution in [0.2, 0.25) is 10.0 Å². The first-order valence-electron chi connectivity index (χ1n) is 19.2. The fourth-order valence-corrected chi connectivity index (χ4v) is 7.61. The van der Waals surface area contributed by atoms with Crippen LogP contribution in [0.3, 0.4) is 0 Å². The molecule has 16 heteroatoms. The highest BCUT2D eigenvalue weighted by molar-refractivity contribution is 6.39. The average molecular weight is 847 g/mol. The maximum absolute atomic E-state index is 13.5. The Labute approximate surface area is 352 Å². The van der Waals surface area contributed by atoms with E-state index in [4.69, 9.17) is 47.5 Å². The molecule has 1 fully saturated rings. The van der Waals surface area contributed by atoms with Crippen molar-refractivity contribution in [2.45, 2.75) is 72.2 Å². The van der Waals surface area contributed by atoms with Crippen LogP contribution in [0, 0.1) is 5.41 Å². The SMILES string of the molecule is COC(=O)C(C)(C)CNCc1nn2cc(-c3cccc(-c4cccc(-c5ccc(CN(C[C@@H]6CCC(=O)N6)C(=O)OC(C)(C)C)c(OC)n5)c4Cl)c3Cl)cc2c(=O)n1C. The smallest absolute Gasteiger partial charge is 0.410 e. The molecule has 3 aromatic heterocycles. The molecule has 5 aromatic rings. The lowest BCUT2D eigenvalue weighted by atomic mass is 9.94. The fraction of sp³-hybridized carbons (Fsp3) is 0.395. The Bertz CT molecular complexity index is 2470. The van der Waals surface area contributed by atoms with Gasteiger partial charge in [0.1, 0.15) is 16.9 Å². The number of nitrogens with zero attached hydrogens (tertiary/aromatic N) is 5. The number of ether oxygens (including phenoxy) is 3. The van der Waals surface area contributed by atoms with Gasteiger partial charge < -0.3 is 29.7 Å². The van der Waals surface area contributed by atoms with E-state index >= 15 is 0 Å². The lowest BCUT2D eigenvalue weighted by molar-refractivity contribution is -0.150. The number of benzene rings is 2. The Morgan fingerprint density at radius 1 is 0.966 bits per heavy atom. The first-order chi connectivity index (χ1) is 27.9. The van der Waals surface area contributed by atoms with Crippen LogP contribution in [0.5, 0.6) is 5.88 Å². The van der Waals surface area contributed by atoms with Crippen molar-refractivity contribution in [1.82, 2.24) is 34.7 Å². The quantitative estimate of drug-likeness (QED) is 0.118. The predicted octanol–water partition coefficient (Wildman–Crippen LogP) is 7.05. The molecule has 6 rings (SSSR count). The highest BCUT2D eigenvalue weighted by Crippen LogP contribution is 2.42. The van der Waals surface area contributed by atoms with Crippen molar-refractivity contribution in [3.8, 4) is 39.4 Å². The third-order valence-electron chi connectivity index (χ3n) is 10.1. The molecule has 2 amide bonds. The number of rotatable bonds is 13. The molecule has 59 heavy (non-hydrogen) atoms. The van der Waals surface area contributed by atoms with Crippen LogP contribution >= 0.6 is 23.2 Å². The third-order valence-corrected chi connectivity index (χ3v) is 10.9. The highest BCUT2D eigenvalue weighted by atomic mass is 35.5. The lowest BCUT2D eigenvalue weighted by Gasteiger charge is -2.29. The van der Waals surface area contributed by atoms with E-state index < -0.39 is 17.1 Å². The minimum absolute atomic E-state index is 0.0452. The molecule has 1 atom stereocenters. The van der Waals surface area contributed by atoms with Crippen LogP contribution < -0.4 is 20.9 Å². The molecular formula is C43H49Cl2N7O7. The number of methoxy groups -OCH3 is 2. The first-order valence-corrected chi connectivity index (χ1v) is 19.9. The summed E-state index contributed by atoms with van der Waals surface area (Å²) in [5.41, 5.74) is 3.15. The Morgan fingerprint density at radius 3 is 2.25 bits per heavy atom. The van der Waals surface area contributed by atoms with Gasteiger partial charge in [0.25, 0.3) is 5.56 Å². The maximum atomic E-state index is 13.5. The van der Waals surface area contributed by atoms with Gasteiger partial charge in [0.2, 0.25) is 11.8 Å². The molecule has 1 aliphatic heterocycles. The number of fused-ring (bicyclic) bond motifs is 1. The van der Waals surface area contributed by atoms with E-state index in [1.165, 1.54) is 18.8 Å². The number of halogens is 2. The normalized spacial score (nSPS) is 14.3. The van der Waals surface area contributed by atoms with Gasteiger partial charge in [-0.2, -0.15) is 5.10 Å². The summed E-state index contributed by atoms with van der Waals surface area (Å²) in [4.78, 5) is 57.2. The van der Waals surface area contributed by atoms with Gasteiger partial charge in [-0.25, -0.2) is 14.3 Å². The van der Waals surface area contributed by atoms with Crippen molar-refractivity contribution in [2.75, 3.05) is 27.3 Å². The molecule has 0 saturated carbocycles. The highest BCUT2D eigenvalue weighted by Gasteiger charge is 2.30. The van der Waals surface area contributed by atoms with Gasteiger partial charge in [0.15, 0.2) is 0 Å². The Hall–Kier alpha value is -5.44. The van der Waals surface area contributed by atoms with E-state index in [1.54, 1.807) is 63.3 Å². The minimum Gasteiger partial charge on any atom is -0.481 e. The average Bonchev–Trinajstić information content (AvgIpc) is 3.81. The molecule has 14 nitrogen and oxygen atoms in total. The standard InChI is InChI=1S/C43H49Cl2N7O7/c1-42(2,3)59-41(56)51(23-27-16-18-35(53)47-27)21-25-15-17-32(48-38(25)57-7)31-14-10-13-30(37(31)45)29-12-9-11-28(36(29)44)26-19-33-39(54)50(6)34(49-52(33)22-26)20-46-24-43(4,5)40(55)58-8/h9-15,17,19,22,27,46H,16,18,20-21,23-24H2,1-8H3,(H,47,53)/t27-/m0/s1. The van der Waals surface area contributed by atoms with E-state index in [-0.39, 0.29) is 43.1 Å². The number of aromatic nitrogens is 4. The van der Waals surface area contributed by atoms with Crippen molar-refractivity contribution in [3.05, 3.63) is 92.6 Å². The van der Waals surface area contributed by atoms with Crippen LogP contribution in [-0.4, -0.2) is 81.0 Å². The summed E-state index contributed by atoms with van der Waals surface area (Å²) >= 11 is 14.3. The lowest BCUT2D eigenvalue weighted by Crippen LogP contribution is -2.43. The van der Waals surface area contributed by atoms with E-state index in [0.29, 0.717) is 85.7 Å². The molecule has 4 heterocycles. The summed E-state index contributed by atoms with van der Waals surface area (Å²) in [6.07, 6.45) is 2.27. The maximum Gasteiger partial charge on any atom is 0.410 e. The number of carbonyl (C=O) groups is 3. The molecule has 0 radical (unpaired) electrons. The van der Waals surface area contributed by atoms with Gasteiger partial charge >= 0.3 is 12.1 Å². The van der Waals surface area contributed by atoms with Crippen molar-refractivity contribution < 1.29 is 28.6 Å². The summed E-state index contributed by atoms with van der Waals surface area (Å²) in [6.45, 7) is 9.93. The summed E-state index contributed by atoms with van der Waals surface area (Å²) < 4.78 is 19.4. The van der Waals surface area contributed by atoms with Crippen molar-refractivity contribution in [1.29, 1.82) is 0 Å². The zero-order valence-electron chi connectivity index (χ0n) is 34.4. The molecule has 1 saturated heterocycles. The van der Waals surface area contributed by atoms with Gasteiger partial charge in [0.05, 0.1) is 48.5 Å².